The van der Waals surface area contributed by atoms with Crippen molar-refractivity contribution in [3.8, 4) is 0 Å². The molecular formula is C12H18N2O. The van der Waals surface area contributed by atoms with Gasteiger partial charge in [-0.1, -0.05) is 30.3 Å². The zero-order valence-corrected chi connectivity index (χ0v) is 9.02. The minimum atomic E-state index is 0.0590. The molecule has 0 heterocycles. The van der Waals surface area contributed by atoms with E-state index in [1.807, 2.05) is 18.2 Å². The molecule has 2 unspecified atom stereocenters. The van der Waals surface area contributed by atoms with E-state index in [4.69, 9.17) is 10.6 Å². The topological polar surface area (TPSA) is 47.3 Å². The van der Waals surface area contributed by atoms with Crippen molar-refractivity contribution in [3.63, 3.8) is 0 Å². The largest absolute Gasteiger partial charge is 0.375 e. The second kappa shape index (κ2) is 4.75. The van der Waals surface area contributed by atoms with E-state index in [1.54, 1.807) is 7.11 Å². The molecule has 1 aliphatic carbocycles. The molecule has 0 aromatic heterocycles. The summed E-state index contributed by atoms with van der Waals surface area (Å²) in [5.41, 5.74) is 4.08. The predicted molar refractivity (Wildman–Crippen MR) is 60.0 cm³/mol. The minimum Gasteiger partial charge on any atom is -0.375 e. The predicted octanol–water partition coefficient (Wildman–Crippen LogP) is 1.62. The van der Waals surface area contributed by atoms with Crippen LogP contribution in [0.15, 0.2) is 30.3 Å². The quantitative estimate of drug-likeness (QED) is 0.568. The first-order chi connectivity index (χ1) is 7.36. The summed E-state index contributed by atoms with van der Waals surface area (Å²) in [6.07, 6.45) is 2.56. The van der Waals surface area contributed by atoms with Crippen LogP contribution in [0.5, 0.6) is 0 Å². The van der Waals surface area contributed by atoms with Gasteiger partial charge in [0.05, 0.1) is 12.1 Å². The first kappa shape index (κ1) is 10.6. The summed E-state index contributed by atoms with van der Waals surface area (Å²) in [5.74, 6) is 6.26. The molecule has 1 aromatic carbocycles. The molecule has 15 heavy (non-hydrogen) atoms. The number of ether oxygens (including phenoxy) is 1. The standard InChI is InChI=1S/C12H18N2O/c1-15-12(10-5-3-2-4-6-10)11(14-13)9-7-8-9/h2-6,9,11-12,14H,7-8,13H2,1H3. The number of nitrogens with two attached hydrogens (primary N) is 1. The zero-order chi connectivity index (χ0) is 10.7. The third kappa shape index (κ3) is 2.37. The molecule has 0 saturated heterocycles. The van der Waals surface area contributed by atoms with Gasteiger partial charge in [0.2, 0.25) is 0 Å². The monoisotopic (exact) mass is 206 g/mol. The fraction of sp³-hybridized carbons (Fsp3) is 0.500. The van der Waals surface area contributed by atoms with Crippen molar-refractivity contribution in [2.75, 3.05) is 7.11 Å². The number of methoxy groups -OCH3 is 1. The van der Waals surface area contributed by atoms with Crippen LogP contribution in [0, 0.1) is 5.92 Å². The Balaban J connectivity index is 2.15. The van der Waals surface area contributed by atoms with E-state index >= 15 is 0 Å². The van der Waals surface area contributed by atoms with E-state index in [0.717, 1.165) is 0 Å². The molecule has 3 heteroatoms. The van der Waals surface area contributed by atoms with Gasteiger partial charge in [0.1, 0.15) is 0 Å². The van der Waals surface area contributed by atoms with Crippen LogP contribution in [0.25, 0.3) is 0 Å². The number of benzene rings is 1. The van der Waals surface area contributed by atoms with Crippen molar-refractivity contribution >= 4 is 0 Å². The highest BCUT2D eigenvalue weighted by Gasteiger charge is 2.36. The van der Waals surface area contributed by atoms with E-state index in [0.29, 0.717) is 5.92 Å². The lowest BCUT2D eigenvalue weighted by Gasteiger charge is -2.25. The van der Waals surface area contributed by atoms with Crippen LogP contribution in [0.3, 0.4) is 0 Å². The Morgan fingerprint density at radius 1 is 1.33 bits per heavy atom. The number of hydrogen-bond acceptors (Lipinski definition) is 3. The third-order valence-corrected chi connectivity index (χ3v) is 3.03. The zero-order valence-electron chi connectivity index (χ0n) is 9.02. The summed E-state index contributed by atoms with van der Waals surface area (Å²) >= 11 is 0. The lowest BCUT2D eigenvalue weighted by molar-refractivity contribution is 0.0604. The Labute approximate surface area is 90.6 Å². The van der Waals surface area contributed by atoms with Gasteiger partial charge in [-0.3, -0.25) is 11.3 Å². The highest BCUT2D eigenvalue weighted by Crippen LogP contribution is 2.38. The highest BCUT2D eigenvalue weighted by molar-refractivity contribution is 5.20. The van der Waals surface area contributed by atoms with E-state index in [9.17, 15) is 0 Å². The van der Waals surface area contributed by atoms with Crippen LogP contribution >= 0.6 is 0 Å². The SMILES string of the molecule is COC(c1ccccc1)C(NN)C1CC1. The molecule has 2 rings (SSSR count). The molecule has 1 aromatic rings. The summed E-state index contributed by atoms with van der Waals surface area (Å²) in [6.45, 7) is 0. The van der Waals surface area contributed by atoms with Crippen LogP contribution in [-0.4, -0.2) is 13.2 Å². The fourth-order valence-electron chi connectivity index (χ4n) is 2.06. The van der Waals surface area contributed by atoms with E-state index < -0.39 is 0 Å². The molecule has 0 aliphatic heterocycles. The third-order valence-electron chi connectivity index (χ3n) is 3.03. The Kier molecular flexibility index (Phi) is 3.36. The Morgan fingerprint density at radius 3 is 2.47 bits per heavy atom. The Morgan fingerprint density at radius 2 is 2.00 bits per heavy atom. The molecule has 1 aliphatic rings. The van der Waals surface area contributed by atoms with E-state index in [-0.39, 0.29) is 12.1 Å². The molecule has 1 saturated carbocycles. The number of rotatable bonds is 5. The Bertz CT molecular complexity index is 298. The lowest BCUT2D eigenvalue weighted by atomic mass is 9.99. The maximum atomic E-state index is 5.60. The summed E-state index contributed by atoms with van der Waals surface area (Å²) in [4.78, 5) is 0. The van der Waals surface area contributed by atoms with Crippen molar-refractivity contribution < 1.29 is 4.74 Å². The normalized spacial score (nSPS) is 19.9. The molecule has 0 spiro atoms. The van der Waals surface area contributed by atoms with Crippen LogP contribution in [0.4, 0.5) is 0 Å². The van der Waals surface area contributed by atoms with Crippen molar-refractivity contribution in [3.05, 3.63) is 35.9 Å². The minimum absolute atomic E-state index is 0.0590. The van der Waals surface area contributed by atoms with Gasteiger partial charge >= 0.3 is 0 Å². The summed E-state index contributed by atoms with van der Waals surface area (Å²) < 4.78 is 5.55. The van der Waals surface area contributed by atoms with Gasteiger partial charge in [0.25, 0.3) is 0 Å². The van der Waals surface area contributed by atoms with Crippen LogP contribution < -0.4 is 11.3 Å². The molecule has 3 N–H and O–H groups in total. The number of hydrogen-bond donors (Lipinski definition) is 2. The summed E-state index contributed by atoms with van der Waals surface area (Å²) in [5, 5.41) is 0. The van der Waals surface area contributed by atoms with Crippen molar-refractivity contribution in [1.29, 1.82) is 0 Å². The van der Waals surface area contributed by atoms with Gasteiger partial charge in [-0.15, -0.1) is 0 Å². The summed E-state index contributed by atoms with van der Waals surface area (Å²) in [6, 6.07) is 10.5. The van der Waals surface area contributed by atoms with Crippen molar-refractivity contribution in [2.45, 2.75) is 25.0 Å². The molecule has 0 bridgehead atoms. The average Bonchev–Trinajstić information content (AvgIpc) is 3.11. The molecule has 82 valence electrons. The average molecular weight is 206 g/mol. The molecule has 1 fully saturated rings. The van der Waals surface area contributed by atoms with Crippen molar-refractivity contribution in [2.24, 2.45) is 11.8 Å². The highest BCUT2D eigenvalue weighted by atomic mass is 16.5. The van der Waals surface area contributed by atoms with Gasteiger partial charge in [-0.2, -0.15) is 0 Å². The molecule has 0 amide bonds. The smallest absolute Gasteiger partial charge is 0.0990 e. The molecule has 2 atom stereocenters. The first-order valence-electron chi connectivity index (χ1n) is 5.40. The summed E-state index contributed by atoms with van der Waals surface area (Å²) in [7, 11) is 1.74. The fourth-order valence-corrected chi connectivity index (χ4v) is 2.06. The number of hydrazine groups is 1. The maximum Gasteiger partial charge on any atom is 0.0990 e. The molecule has 0 radical (unpaired) electrons. The van der Waals surface area contributed by atoms with Crippen LogP contribution in [0.1, 0.15) is 24.5 Å². The maximum absolute atomic E-state index is 5.60. The lowest BCUT2D eigenvalue weighted by Crippen LogP contribution is -2.42. The molecule has 3 nitrogen and oxygen atoms in total. The molecular weight excluding hydrogens is 188 g/mol. The van der Waals surface area contributed by atoms with Crippen molar-refractivity contribution in [1.82, 2.24) is 5.43 Å². The van der Waals surface area contributed by atoms with Gasteiger partial charge in [0, 0.05) is 7.11 Å². The van der Waals surface area contributed by atoms with E-state index in [1.165, 1.54) is 18.4 Å². The first-order valence-corrected chi connectivity index (χ1v) is 5.40. The van der Waals surface area contributed by atoms with Gasteiger partial charge in [0.15, 0.2) is 0 Å². The second-order valence-corrected chi connectivity index (χ2v) is 4.10. The van der Waals surface area contributed by atoms with E-state index in [2.05, 4.69) is 17.6 Å². The second-order valence-electron chi connectivity index (χ2n) is 4.10. The number of nitrogens with one attached hydrogen (secondary N) is 1. The van der Waals surface area contributed by atoms with Crippen LogP contribution in [-0.2, 0) is 4.74 Å². The van der Waals surface area contributed by atoms with Gasteiger partial charge < -0.3 is 4.74 Å². The van der Waals surface area contributed by atoms with Gasteiger partial charge in [-0.25, -0.2) is 0 Å². The Hall–Kier alpha value is -0.900. The van der Waals surface area contributed by atoms with Crippen LogP contribution in [0.2, 0.25) is 0 Å². The van der Waals surface area contributed by atoms with Gasteiger partial charge in [-0.05, 0) is 24.3 Å².